The maximum Gasteiger partial charge on any atom is 0.258 e. The number of aromatic nitrogens is 4. The van der Waals surface area contributed by atoms with Crippen molar-refractivity contribution in [1.29, 1.82) is 0 Å². The minimum atomic E-state index is -0.0844. The molecule has 1 saturated heterocycles. The Kier molecular flexibility index (Phi) is 2.92. The number of hydrogen-bond donors (Lipinski definition) is 1. The second kappa shape index (κ2) is 4.92. The molecule has 21 heavy (non-hydrogen) atoms. The Labute approximate surface area is 124 Å². The van der Waals surface area contributed by atoms with Gasteiger partial charge in [0.15, 0.2) is 5.82 Å². The van der Waals surface area contributed by atoms with E-state index >= 15 is 0 Å². The Morgan fingerprint density at radius 2 is 2.24 bits per heavy atom. The lowest BCUT2D eigenvalue weighted by atomic mass is 10.2. The summed E-state index contributed by atoms with van der Waals surface area (Å²) in [5.74, 6) is 1.57. The SMILES string of the molecule is O=c1[nH]c(C2CCCN2c2cnsn2)nc2ccccc12. The predicted octanol–water partition coefficient (Wildman–Crippen LogP) is 2.12. The average Bonchev–Trinajstić information content (AvgIpc) is 3.18. The molecule has 1 aliphatic heterocycles. The summed E-state index contributed by atoms with van der Waals surface area (Å²) in [4.78, 5) is 21.9. The highest BCUT2D eigenvalue weighted by molar-refractivity contribution is 6.99. The first-order chi connectivity index (χ1) is 10.3. The number of benzene rings is 1. The fraction of sp³-hybridized carbons (Fsp3) is 0.286. The molecular weight excluding hydrogens is 286 g/mol. The summed E-state index contributed by atoms with van der Waals surface area (Å²) in [6, 6.07) is 7.47. The molecule has 106 valence electrons. The first-order valence-electron chi connectivity index (χ1n) is 6.86. The molecule has 1 aromatic carbocycles. The number of anilines is 1. The van der Waals surface area contributed by atoms with Crippen molar-refractivity contribution < 1.29 is 0 Å². The van der Waals surface area contributed by atoms with Gasteiger partial charge in [-0.05, 0) is 25.0 Å². The maximum absolute atomic E-state index is 12.2. The average molecular weight is 299 g/mol. The van der Waals surface area contributed by atoms with Crippen LogP contribution in [-0.2, 0) is 0 Å². The number of hydrogen-bond acceptors (Lipinski definition) is 6. The molecule has 1 aliphatic rings. The highest BCUT2D eigenvalue weighted by Crippen LogP contribution is 2.33. The molecule has 0 saturated carbocycles. The van der Waals surface area contributed by atoms with E-state index < -0.39 is 0 Å². The van der Waals surface area contributed by atoms with E-state index in [4.69, 9.17) is 0 Å². The van der Waals surface area contributed by atoms with Crippen LogP contribution in [-0.4, -0.2) is 25.3 Å². The second-order valence-corrected chi connectivity index (χ2v) is 5.64. The molecular formula is C14H13N5OS. The Bertz CT molecular complexity index is 829. The number of fused-ring (bicyclic) bond motifs is 1. The molecule has 3 aromatic rings. The van der Waals surface area contributed by atoms with E-state index in [1.165, 1.54) is 11.7 Å². The van der Waals surface area contributed by atoms with Crippen LogP contribution in [0.3, 0.4) is 0 Å². The van der Waals surface area contributed by atoms with E-state index in [0.717, 1.165) is 30.7 Å². The molecule has 7 heteroatoms. The molecule has 3 heterocycles. The highest BCUT2D eigenvalue weighted by Gasteiger charge is 2.29. The first-order valence-corrected chi connectivity index (χ1v) is 7.59. The topological polar surface area (TPSA) is 74.8 Å². The van der Waals surface area contributed by atoms with Crippen molar-refractivity contribution in [1.82, 2.24) is 18.7 Å². The molecule has 6 nitrogen and oxygen atoms in total. The molecule has 0 amide bonds. The van der Waals surface area contributed by atoms with Gasteiger partial charge < -0.3 is 9.88 Å². The minimum absolute atomic E-state index is 0.0613. The van der Waals surface area contributed by atoms with Gasteiger partial charge in [0.2, 0.25) is 0 Å². The van der Waals surface area contributed by atoms with Crippen molar-refractivity contribution in [2.24, 2.45) is 0 Å². The summed E-state index contributed by atoms with van der Waals surface area (Å²) in [6.07, 6.45) is 3.78. The molecule has 2 aromatic heterocycles. The Balaban J connectivity index is 1.80. The van der Waals surface area contributed by atoms with Gasteiger partial charge >= 0.3 is 0 Å². The summed E-state index contributed by atoms with van der Waals surface area (Å²) >= 11 is 1.20. The van der Waals surface area contributed by atoms with Gasteiger partial charge in [0.25, 0.3) is 5.56 Å². The van der Waals surface area contributed by atoms with E-state index in [2.05, 4.69) is 23.6 Å². The highest BCUT2D eigenvalue weighted by atomic mass is 32.1. The summed E-state index contributed by atoms with van der Waals surface area (Å²) < 4.78 is 8.35. The minimum Gasteiger partial charge on any atom is -0.344 e. The van der Waals surface area contributed by atoms with Crippen LogP contribution in [0.15, 0.2) is 35.3 Å². The molecule has 1 atom stereocenters. The molecule has 0 radical (unpaired) electrons. The van der Waals surface area contributed by atoms with Gasteiger partial charge in [0.1, 0.15) is 5.82 Å². The number of rotatable bonds is 2. The van der Waals surface area contributed by atoms with E-state index in [0.29, 0.717) is 11.2 Å². The monoisotopic (exact) mass is 299 g/mol. The lowest BCUT2D eigenvalue weighted by Crippen LogP contribution is -2.26. The molecule has 0 aliphatic carbocycles. The zero-order chi connectivity index (χ0) is 14.2. The van der Waals surface area contributed by atoms with E-state index in [-0.39, 0.29) is 11.6 Å². The molecule has 0 spiro atoms. The van der Waals surface area contributed by atoms with Gasteiger partial charge in [-0.3, -0.25) is 4.79 Å². The van der Waals surface area contributed by atoms with Crippen LogP contribution in [0, 0.1) is 0 Å². The summed E-state index contributed by atoms with van der Waals surface area (Å²) in [5.41, 5.74) is 0.651. The van der Waals surface area contributed by atoms with E-state index in [1.54, 1.807) is 12.3 Å². The smallest absolute Gasteiger partial charge is 0.258 e. The van der Waals surface area contributed by atoms with Gasteiger partial charge in [-0.1, -0.05) is 12.1 Å². The molecule has 1 unspecified atom stereocenters. The third kappa shape index (κ3) is 2.09. The van der Waals surface area contributed by atoms with Crippen molar-refractivity contribution in [2.45, 2.75) is 18.9 Å². The predicted molar refractivity (Wildman–Crippen MR) is 81.6 cm³/mol. The van der Waals surface area contributed by atoms with E-state index in [1.807, 2.05) is 18.2 Å². The summed E-state index contributed by atoms with van der Waals surface area (Å²) in [5, 5.41) is 0.626. The third-order valence-electron chi connectivity index (χ3n) is 3.84. The Hall–Kier alpha value is -2.28. The van der Waals surface area contributed by atoms with Crippen LogP contribution < -0.4 is 10.5 Å². The quantitative estimate of drug-likeness (QED) is 0.784. The molecule has 0 bridgehead atoms. The maximum atomic E-state index is 12.2. The lowest BCUT2D eigenvalue weighted by Gasteiger charge is -2.23. The first kappa shape index (κ1) is 12.5. The molecule has 1 fully saturated rings. The standard InChI is InChI=1S/C14H13N5OS/c20-14-9-4-1-2-5-10(9)16-13(17-14)11-6-3-7-19(11)12-8-15-21-18-12/h1-2,4-5,8,11H,3,6-7H2,(H,16,17,20). The largest absolute Gasteiger partial charge is 0.344 e. The van der Waals surface area contributed by atoms with E-state index in [9.17, 15) is 4.79 Å². The number of nitrogens with one attached hydrogen (secondary N) is 1. The van der Waals surface area contributed by atoms with Gasteiger partial charge in [0, 0.05) is 6.54 Å². The zero-order valence-corrected chi connectivity index (χ0v) is 12.0. The van der Waals surface area contributed by atoms with Crippen molar-refractivity contribution >= 4 is 28.4 Å². The van der Waals surface area contributed by atoms with Crippen molar-refractivity contribution in [3.8, 4) is 0 Å². The summed E-state index contributed by atoms with van der Waals surface area (Å²) in [6.45, 7) is 0.909. The fourth-order valence-corrected chi connectivity index (χ4v) is 3.30. The number of nitrogens with zero attached hydrogens (tertiary/aromatic N) is 4. The van der Waals surface area contributed by atoms with Crippen LogP contribution in [0.25, 0.3) is 10.9 Å². The van der Waals surface area contributed by atoms with Gasteiger partial charge in [-0.2, -0.15) is 8.75 Å². The fourth-order valence-electron chi connectivity index (χ4n) is 2.87. The molecule has 1 N–H and O–H groups in total. The normalized spacial score (nSPS) is 18.5. The Morgan fingerprint density at radius 3 is 3.10 bits per heavy atom. The van der Waals surface area contributed by atoms with Gasteiger partial charge in [0.05, 0.1) is 34.9 Å². The third-order valence-corrected chi connectivity index (χ3v) is 4.31. The number of H-pyrrole nitrogens is 1. The van der Waals surface area contributed by atoms with Crippen LogP contribution in [0.2, 0.25) is 0 Å². The number of para-hydroxylation sites is 1. The zero-order valence-electron chi connectivity index (χ0n) is 11.2. The van der Waals surface area contributed by atoms with Crippen LogP contribution >= 0.6 is 11.7 Å². The van der Waals surface area contributed by atoms with Crippen LogP contribution in [0.1, 0.15) is 24.7 Å². The second-order valence-electron chi connectivity index (χ2n) is 5.09. The lowest BCUT2D eigenvalue weighted by molar-refractivity contribution is 0.663. The molecule has 4 rings (SSSR count). The van der Waals surface area contributed by atoms with Crippen LogP contribution in [0.4, 0.5) is 5.82 Å². The van der Waals surface area contributed by atoms with Crippen molar-refractivity contribution in [3.05, 3.63) is 46.6 Å². The number of aromatic amines is 1. The van der Waals surface area contributed by atoms with Crippen molar-refractivity contribution in [3.63, 3.8) is 0 Å². The Morgan fingerprint density at radius 1 is 1.33 bits per heavy atom. The van der Waals surface area contributed by atoms with Crippen LogP contribution in [0.5, 0.6) is 0 Å². The van der Waals surface area contributed by atoms with Gasteiger partial charge in [-0.25, -0.2) is 4.98 Å². The summed E-state index contributed by atoms with van der Waals surface area (Å²) in [7, 11) is 0. The van der Waals surface area contributed by atoms with Gasteiger partial charge in [-0.15, -0.1) is 0 Å². The van der Waals surface area contributed by atoms with Crippen molar-refractivity contribution in [2.75, 3.05) is 11.4 Å².